The summed E-state index contributed by atoms with van der Waals surface area (Å²) in [5, 5.41) is 0.454. The predicted molar refractivity (Wildman–Crippen MR) is 90.0 cm³/mol. The Kier molecular flexibility index (Phi) is 7.57. The molecule has 2 aromatic carbocycles. The second-order valence-electron chi connectivity index (χ2n) is 4.27. The van der Waals surface area contributed by atoms with Gasteiger partial charge in [-0.05, 0) is 37.2 Å². The van der Waals surface area contributed by atoms with Crippen LogP contribution in [0.1, 0.15) is 13.3 Å². The van der Waals surface area contributed by atoms with Gasteiger partial charge in [0, 0.05) is 16.0 Å². The lowest BCUT2D eigenvalue weighted by Gasteiger charge is -2.11. The van der Waals surface area contributed by atoms with Crippen molar-refractivity contribution in [1.82, 2.24) is 0 Å². The fourth-order valence-electron chi connectivity index (χ4n) is 1.64. The van der Waals surface area contributed by atoms with Gasteiger partial charge in [-0.25, -0.2) is 4.39 Å². The molecule has 0 radical (unpaired) electrons. The molecule has 0 amide bonds. The Hall–Kier alpha value is -1.23. The van der Waals surface area contributed by atoms with E-state index in [0.717, 1.165) is 13.0 Å². The fraction of sp³-hybridized carbons (Fsp3) is 0.250. The molecule has 0 saturated carbocycles. The van der Waals surface area contributed by atoms with Gasteiger partial charge in [0.1, 0.15) is 11.6 Å². The first-order chi connectivity index (χ1) is 10.0. The summed E-state index contributed by atoms with van der Waals surface area (Å²) in [5.74, 6) is 0.173. The number of rotatable bonds is 3. The number of nitrogens with two attached hydrogens (primary N) is 1. The molecule has 0 saturated heterocycles. The Morgan fingerprint density at radius 2 is 1.95 bits per heavy atom. The van der Waals surface area contributed by atoms with Crippen LogP contribution in [0.15, 0.2) is 41.3 Å². The average molecular weight is 328 g/mol. The zero-order valence-corrected chi connectivity index (χ0v) is 13.7. The first-order valence-corrected chi connectivity index (χ1v) is 7.39. The van der Waals surface area contributed by atoms with Gasteiger partial charge in [-0.1, -0.05) is 30.7 Å². The minimum atomic E-state index is -0.371. The van der Waals surface area contributed by atoms with Gasteiger partial charge < -0.3 is 10.5 Å². The van der Waals surface area contributed by atoms with E-state index in [1.165, 1.54) is 13.2 Å². The van der Waals surface area contributed by atoms with Crippen molar-refractivity contribution < 1.29 is 9.13 Å². The average Bonchev–Trinajstić information content (AvgIpc) is 2.48. The molecular formula is C16H19ClFNOS. The number of methoxy groups -OCH3 is 1. The third kappa shape index (κ3) is 4.92. The van der Waals surface area contributed by atoms with Crippen LogP contribution < -0.4 is 10.5 Å². The monoisotopic (exact) mass is 327 g/mol. The van der Waals surface area contributed by atoms with Crippen LogP contribution in [-0.4, -0.2) is 13.7 Å². The van der Waals surface area contributed by atoms with Crippen LogP contribution in [0.3, 0.4) is 0 Å². The summed E-state index contributed by atoms with van der Waals surface area (Å²) in [6, 6.07) is 9.91. The predicted octanol–water partition coefficient (Wildman–Crippen LogP) is 4.80. The summed E-state index contributed by atoms with van der Waals surface area (Å²) in [7, 11) is 1.53. The normalized spacial score (nSPS) is 9.81. The molecule has 0 atom stereocenters. The smallest absolute Gasteiger partial charge is 0.132 e. The van der Waals surface area contributed by atoms with E-state index in [1.807, 2.05) is 0 Å². The number of halogens is 2. The first kappa shape index (κ1) is 17.8. The van der Waals surface area contributed by atoms with Gasteiger partial charge in [-0.15, -0.1) is 12.6 Å². The van der Waals surface area contributed by atoms with E-state index in [2.05, 4.69) is 19.6 Å². The maximum atomic E-state index is 13.9. The Morgan fingerprint density at radius 3 is 2.48 bits per heavy atom. The highest BCUT2D eigenvalue weighted by molar-refractivity contribution is 7.80. The third-order valence-corrected chi connectivity index (χ3v) is 3.30. The summed E-state index contributed by atoms with van der Waals surface area (Å²) in [6.07, 6.45) is 1.10. The van der Waals surface area contributed by atoms with Crippen molar-refractivity contribution in [3.05, 3.63) is 47.2 Å². The van der Waals surface area contributed by atoms with Gasteiger partial charge in [0.05, 0.1) is 12.1 Å². The molecule has 2 N–H and O–H groups in total. The Labute approximate surface area is 135 Å². The molecule has 0 aromatic heterocycles. The standard InChI is InChI=1S/C13H10ClFOS.C3H9N/c1-16-12-4-2-3-10(14)13(12)9-6-5-8(17)7-11(9)15;1-2-3-4/h2-7,17H,1H3;2-4H2,1H3. The van der Waals surface area contributed by atoms with Gasteiger partial charge >= 0.3 is 0 Å². The van der Waals surface area contributed by atoms with E-state index in [0.29, 0.717) is 26.8 Å². The van der Waals surface area contributed by atoms with E-state index >= 15 is 0 Å². The molecule has 0 spiro atoms. The van der Waals surface area contributed by atoms with E-state index in [4.69, 9.17) is 22.1 Å². The molecule has 0 aliphatic rings. The minimum absolute atomic E-state index is 0.371. The van der Waals surface area contributed by atoms with Gasteiger partial charge in [-0.3, -0.25) is 0 Å². The highest BCUT2D eigenvalue weighted by Crippen LogP contribution is 2.38. The van der Waals surface area contributed by atoms with Crippen molar-refractivity contribution in [2.24, 2.45) is 5.73 Å². The van der Waals surface area contributed by atoms with Crippen molar-refractivity contribution >= 4 is 24.2 Å². The molecule has 21 heavy (non-hydrogen) atoms. The van der Waals surface area contributed by atoms with Crippen molar-refractivity contribution in [3.8, 4) is 16.9 Å². The molecule has 2 rings (SSSR count). The second kappa shape index (κ2) is 8.93. The van der Waals surface area contributed by atoms with E-state index < -0.39 is 0 Å². The highest BCUT2D eigenvalue weighted by atomic mass is 35.5. The highest BCUT2D eigenvalue weighted by Gasteiger charge is 2.14. The number of ether oxygens (including phenoxy) is 1. The van der Waals surface area contributed by atoms with Crippen LogP contribution >= 0.6 is 24.2 Å². The third-order valence-electron chi connectivity index (χ3n) is 2.71. The second-order valence-corrected chi connectivity index (χ2v) is 5.19. The number of thiol groups is 1. The van der Waals surface area contributed by atoms with Crippen molar-refractivity contribution in [1.29, 1.82) is 0 Å². The maximum absolute atomic E-state index is 13.9. The van der Waals surface area contributed by atoms with Crippen LogP contribution in [0.25, 0.3) is 11.1 Å². The molecule has 0 aliphatic heterocycles. The van der Waals surface area contributed by atoms with Crippen LogP contribution in [0, 0.1) is 5.82 Å². The molecule has 2 aromatic rings. The van der Waals surface area contributed by atoms with Crippen LogP contribution in [0.4, 0.5) is 4.39 Å². The zero-order valence-electron chi connectivity index (χ0n) is 12.1. The molecular weight excluding hydrogens is 309 g/mol. The summed E-state index contributed by atoms with van der Waals surface area (Å²) in [6.45, 7) is 2.88. The molecule has 2 nitrogen and oxygen atoms in total. The lowest BCUT2D eigenvalue weighted by molar-refractivity contribution is 0.416. The molecule has 0 fully saturated rings. The molecule has 0 bridgehead atoms. The van der Waals surface area contributed by atoms with Gasteiger partial charge in [0.2, 0.25) is 0 Å². The number of hydrogen-bond acceptors (Lipinski definition) is 3. The molecule has 0 unspecified atom stereocenters. The summed E-state index contributed by atoms with van der Waals surface area (Å²) >= 11 is 10.2. The minimum Gasteiger partial charge on any atom is -0.496 e. The van der Waals surface area contributed by atoms with Crippen molar-refractivity contribution in [2.75, 3.05) is 13.7 Å². The van der Waals surface area contributed by atoms with Crippen LogP contribution in [0.5, 0.6) is 5.75 Å². The lowest BCUT2D eigenvalue weighted by Crippen LogP contribution is -1.93. The van der Waals surface area contributed by atoms with E-state index in [1.54, 1.807) is 30.3 Å². The largest absolute Gasteiger partial charge is 0.496 e. The molecule has 114 valence electrons. The summed E-state index contributed by atoms with van der Waals surface area (Å²) in [5.41, 5.74) is 5.99. The Balaban J connectivity index is 0.000000491. The number of hydrogen-bond donors (Lipinski definition) is 2. The summed E-state index contributed by atoms with van der Waals surface area (Å²) < 4.78 is 19.1. The fourth-order valence-corrected chi connectivity index (χ4v) is 2.10. The van der Waals surface area contributed by atoms with E-state index in [9.17, 15) is 4.39 Å². The van der Waals surface area contributed by atoms with E-state index in [-0.39, 0.29) is 5.82 Å². The first-order valence-electron chi connectivity index (χ1n) is 6.56. The molecule has 5 heteroatoms. The maximum Gasteiger partial charge on any atom is 0.132 e. The zero-order chi connectivity index (χ0) is 15.8. The van der Waals surface area contributed by atoms with Crippen molar-refractivity contribution in [3.63, 3.8) is 0 Å². The van der Waals surface area contributed by atoms with Crippen LogP contribution in [0.2, 0.25) is 5.02 Å². The Bertz CT molecular complexity index is 590. The summed E-state index contributed by atoms with van der Waals surface area (Å²) in [4.78, 5) is 0.567. The van der Waals surface area contributed by atoms with Crippen LogP contribution in [-0.2, 0) is 0 Å². The van der Waals surface area contributed by atoms with Gasteiger partial charge in [0.15, 0.2) is 0 Å². The SMILES string of the molecule is CCCN.COc1cccc(Cl)c1-c1ccc(S)cc1F. The Morgan fingerprint density at radius 1 is 1.29 bits per heavy atom. The molecule has 0 heterocycles. The van der Waals surface area contributed by atoms with Gasteiger partial charge in [-0.2, -0.15) is 0 Å². The van der Waals surface area contributed by atoms with Gasteiger partial charge in [0.25, 0.3) is 0 Å². The number of benzene rings is 2. The topological polar surface area (TPSA) is 35.2 Å². The quantitative estimate of drug-likeness (QED) is 0.794. The molecule has 0 aliphatic carbocycles. The van der Waals surface area contributed by atoms with Crippen molar-refractivity contribution in [2.45, 2.75) is 18.2 Å². The lowest BCUT2D eigenvalue weighted by atomic mass is 10.0.